The lowest BCUT2D eigenvalue weighted by molar-refractivity contribution is -0.0535. The van der Waals surface area contributed by atoms with Crippen molar-refractivity contribution in [2.75, 3.05) is 31.1 Å². The molecule has 30 heavy (non-hydrogen) atoms. The molecule has 2 fully saturated rings. The van der Waals surface area contributed by atoms with E-state index in [0.29, 0.717) is 19.5 Å². The second-order valence-corrected chi connectivity index (χ2v) is 9.31. The van der Waals surface area contributed by atoms with E-state index >= 15 is 0 Å². The standard InChI is InChI=1S/C24H36N2O4/c1-5-22(27)18-6-8-19(9-7-18)25-14-10-20(11-15-25)29-21-12-16-26(17-13-21)23(28)30-24(2,3)4/h6-9,20-21H,5,10-17H2,1-4H3. The van der Waals surface area contributed by atoms with Crippen molar-refractivity contribution in [3.8, 4) is 0 Å². The highest BCUT2D eigenvalue weighted by molar-refractivity contribution is 5.96. The van der Waals surface area contributed by atoms with Crippen LogP contribution in [0.1, 0.15) is 70.2 Å². The van der Waals surface area contributed by atoms with E-state index in [-0.39, 0.29) is 24.1 Å². The summed E-state index contributed by atoms with van der Waals surface area (Å²) in [5.41, 5.74) is 1.51. The van der Waals surface area contributed by atoms with Gasteiger partial charge in [-0.1, -0.05) is 6.92 Å². The van der Waals surface area contributed by atoms with Crippen LogP contribution in [0.2, 0.25) is 0 Å². The Morgan fingerprint density at radius 3 is 1.97 bits per heavy atom. The number of hydrogen-bond donors (Lipinski definition) is 0. The molecule has 0 radical (unpaired) electrons. The SMILES string of the molecule is CCC(=O)c1ccc(N2CCC(OC3CCN(C(=O)OC(C)(C)C)CC3)CC2)cc1. The molecule has 1 aromatic rings. The van der Waals surface area contributed by atoms with E-state index in [0.717, 1.165) is 44.3 Å². The molecule has 0 aliphatic carbocycles. The summed E-state index contributed by atoms with van der Waals surface area (Å²) < 4.78 is 11.8. The van der Waals surface area contributed by atoms with Gasteiger partial charge in [0.1, 0.15) is 5.60 Å². The molecule has 0 spiro atoms. The van der Waals surface area contributed by atoms with Gasteiger partial charge in [0.15, 0.2) is 5.78 Å². The Balaban J connectivity index is 1.40. The fourth-order valence-corrected chi connectivity index (χ4v) is 4.09. The van der Waals surface area contributed by atoms with E-state index < -0.39 is 5.60 Å². The van der Waals surface area contributed by atoms with Crippen LogP contribution in [0.3, 0.4) is 0 Å². The molecule has 166 valence electrons. The summed E-state index contributed by atoms with van der Waals surface area (Å²) in [5, 5.41) is 0. The van der Waals surface area contributed by atoms with Crippen LogP contribution in [0.15, 0.2) is 24.3 Å². The summed E-state index contributed by atoms with van der Waals surface area (Å²) in [6, 6.07) is 7.97. The molecule has 2 aliphatic rings. The number of piperidine rings is 2. The number of carbonyl (C=O) groups excluding carboxylic acids is 2. The first kappa shape index (κ1) is 22.6. The number of anilines is 1. The van der Waals surface area contributed by atoms with Gasteiger partial charge in [-0.05, 0) is 70.7 Å². The van der Waals surface area contributed by atoms with Crippen molar-refractivity contribution in [3.63, 3.8) is 0 Å². The molecule has 2 heterocycles. The maximum Gasteiger partial charge on any atom is 0.410 e. The smallest absolute Gasteiger partial charge is 0.410 e. The van der Waals surface area contributed by atoms with Crippen molar-refractivity contribution in [2.24, 2.45) is 0 Å². The fraction of sp³-hybridized carbons (Fsp3) is 0.667. The topological polar surface area (TPSA) is 59.1 Å². The van der Waals surface area contributed by atoms with Crippen molar-refractivity contribution in [2.45, 2.75) is 77.6 Å². The molecular weight excluding hydrogens is 380 g/mol. The third kappa shape index (κ3) is 6.21. The molecule has 0 atom stereocenters. The van der Waals surface area contributed by atoms with Crippen molar-refractivity contribution >= 4 is 17.6 Å². The molecule has 6 heteroatoms. The molecule has 0 aromatic heterocycles. The number of amides is 1. The molecule has 2 aliphatic heterocycles. The van der Waals surface area contributed by atoms with E-state index in [9.17, 15) is 9.59 Å². The van der Waals surface area contributed by atoms with Crippen LogP contribution in [0.25, 0.3) is 0 Å². The first-order chi connectivity index (χ1) is 14.2. The number of likely N-dealkylation sites (tertiary alicyclic amines) is 1. The lowest BCUT2D eigenvalue weighted by atomic mass is 10.0. The number of Topliss-reactive ketones (excluding diaryl/α,β-unsaturated/α-hetero) is 1. The molecule has 2 saturated heterocycles. The van der Waals surface area contributed by atoms with Crippen LogP contribution in [0, 0.1) is 0 Å². The number of carbonyl (C=O) groups is 2. The summed E-state index contributed by atoms with van der Waals surface area (Å²) in [6.45, 7) is 10.9. The molecule has 1 amide bonds. The number of hydrogen-bond acceptors (Lipinski definition) is 5. The first-order valence-electron chi connectivity index (χ1n) is 11.3. The Kier molecular flexibility index (Phi) is 7.40. The van der Waals surface area contributed by atoms with Gasteiger partial charge < -0.3 is 19.3 Å². The van der Waals surface area contributed by atoms with Crippen molar-refractivity contribution in [3.05, 3.63) is 29.8 Å². The minimum Gasteiger partial charge on any atom is -0.444 e. The average molecular weight is 417 g/mol. The second kappa shape index (κ2) is 9.82. The Morgan fingerprint density at radius 2 is 1.47 bits per heavy atom. The highest BCUT2D eigenvalue weighted by Gasteiger charge is 2.29. The minimum atomic E-state index is -0.454. The first-order valence-corrected chi connectivity index (χ1v) is 11.3. The molecule has 0 bridgehead atoms. The summed E-state index contributed by atoms with van der Waals surface area (Å²) in [7, 11) is 0. The van der Waals surface area contributed by atoms with Gasteiger partial charge in [0.05, 0.1) is 12.2 Å². The molecular formula is C24H36N2O4. The van der Waals surface area contributed by atoms with Gasteiger partial charge in [0, 0.05) is 43.9 Å². The van der Waals surface area contributed by atoms with Crippen LogP contribution in [0.4, 0.5) is 10.5 Å². The van der Waals surface area contributed by atoms with Crippen LogP contribution in [0.5, 0.6) is 0 Å². The molecule has 6 nitrogen and oxygen atoms in total. The minimum absolute atomic E-state index is 0.186. The van der Waals surface area contributed by atoms with Crippen LogP contribution in [-0.2, 0) is 9.47 Å². The Morgan fingerprint density at radius 1 is 0.933 bits per heavy atom. The number of ether oxygens (including phenoxy) is 2. The Hall–Kier alpha value is -2.08. The van der Waals surface area contributed by atoms with E-state index in [1.807, 2.05) is 39.8 Å². The van der Waals surface area contributed by atoms with E-state index in [2.05, 4.69) is 17.0 Å². The van der Waals surface area contributed by atoms with Gasteiger partial charge in [-0.3, -0.25) is 4.79 Å². The van der Waals surface area contributed by atoms with Crippen LogP contribution >= 0.6 is 0 Å². The Labute approximate surface area is 180 Å². The van der Waals surface area contributed by atoms with Crippen molar-refractivity contribution < 1.29 is 19.1 Å². The number of benzene rings is 1. The van der Waals surface area contributed by atoms with Crippen LogP contribution < -0.4 is 4.90 Å². The molecule has 0 unspecified atom stereocenters. The zero-order chi connectivity index (χ0) is 21.7. The highest BCUT2D eigenvalue weighted by atomic mass is 16.6. The molecule has 3 rings (SSSR count). The maximum atomic E-state index is 12.2. The lowest BCUT2D eigenvalue weighted by Gasteiger charge is -2.38. The highest BCUT2D eigenvalue weighted by Crippen LogP contribution is 2.25. The largest absolute Gasteiger partial charge is 0.444 e. The summed E-state index contributed by atoms with van der Waals surface area (Å²) in [5.74, 6) is 0.186. The van der Waals surface area contributed by atoms with Gasteiger partial charge >= 0.3 is 6.09 Å². The number of ketones is 1. The number of nitrogens with zero attached hydrogens (tertiary/aromatic N) is 2. The average Bonchev–Trinajstić information content (AvgIpc) is 2.73. The summed E-state index contributed by atoms with van der Waals surface area (Å²) >= 11 is 0. The zero-order valence-electron chi connectivity index (χ0n) is 18.9. The predicted molar refractivity (Wildman–Crippen MR) is 118 cm³/mol. The predicted octanol–water partition coefficient (Wildman–Crippen LogP) is 4.66. The molecule has 0 saturated carbocycles. The fourth-order valence-electron chi connectivity index (χ4n) is 4.09. The summed E-state index contributed by atoms with van der Waals surface area (Å²) in [4.78, 5) is 28.1. The Bertz CT molecular complexity index is 710. The lowest BCUT2D eigenvalue weighted by Crippen LogP contribution is -2.45. The van der Waals surface area contributed by atoms with Crippen LogP contribution in [-0.4, -0.2) is 60.8 Å². The van der Waals surface area contributed by atoms with E-state index in [4.69, 9.17) is 9.47 Å². The van der Waals surface area contributed by atoms with Gasteiger partial charge in [-0.25, -0.2) is 4.79 Å². The van der Waals surface area contributed by atoms with Gasteiger partial charge in [-0.15, -0.1) is 0 Å². The quantitative estimate of drug-likeness (QED) is 0.653. The normalized spacial score (nSPS) is 19.1. The monoisotopic (exact) mass is 416 g/mol. The van der Waals surface area contributed by atoms with E-state index in [1.54, 1.807) is 4.90 Å². The summed E-state index contributed by atoms with van der Waals surface area (Å²) in [6.07, 6.45) is 4.56. The zero-order valence-corrected chi connectivity index (χ0v) is 18.9. The van der Waals surface area contributed by atoms with Crippen molar-refractivity contribution in [1.82, 2.24) is 4.90 Å². The third-order valence-electron chi connectivity index (χ3n) is 5.80. The van der Waals surface area contributed by atoms with Gasteiger partial charge in [0.2, 0.25) is 0 Å². The molecule has 1 aromatic carbocycles. The van der Waals surface area contributed by atoms with Gasteiger partial charge in [-0.2, -0.15) is 0 Å². The third-order valence-corrected chi connectivity index (χ3v) is 5.80. The van der Waals surface area contributed by atoms with E-state index in [1.165, 1.54) is 5.69 Å². The maximum absolute atomic E-state index is 12.2. The molecule has 0 N–H and O–H groups in total. The van der Waals surface area contributed by atoms with Crippen molar-refractivity contribution in [1.29, 1.82) is 0 Å². The number of rotatable bonds is 5. The second-order valence-electron chi connectivity index (χ2n) is 9.31. The van der Waals surface area contributed by atoms with Gasteiger partial charge in [0.25, 0.3) is 0 Å².